The summed E-state index contributed by atoms with van der Waals surface area (Å²) in [5.41, 5.74) is 16.1. The van der Waals surface area contributed by atoms with E-state index in [4.69, 9.17) is 22.3 Å². The van der Waals surface area contributed by atoms with Crippen molar-refractivity contribution in [2.24, 2.45) is 28.1 Å². The molecule has 0 spiro atoms. The van der Waals surface area contributed by atoms with Crippen LogP contribution in [0.3, 0.4) is 0 Å². The van der Waals surface area contributed by atoms with Crippen molar-refractivity contribution in [1.82, 2.24) is 42.1 Å². The molecule has 1 saturated heterocycles. The van der Waals surface area contributed by atoms with Gasteiger partial charge < -0.3 is 79.7 Å². The van der Waals surface area contributed by atoms with Gasteiger partial charge in [0.25, 0.3) is 0 Å². The van der Waals surface area contributed by atoms with E-state index >= 15 is 0 Å². The van der Waals surface area contributed by atoms with Crippen LogP contribution in [-0.4, -0.2) is 172 Å². The number of nitrogens with two attached hydrogens (primary N) is 3. The van der Waals surface area contributed by atoms with E-state index in [0.717, 1.165) is 0 Å². The number of aliphatic carboxylic acids is 1. The number of likely N-dealkylation sites (tertiary alicyclic amines) is 1. The average molecular weight is 859 g/mol. The summed E-state index contributed by atoms with van der Waals surface area (Å²) in [5, 5.41) is 55.3. The number of aliphatic hydroxyl groups is 3. The predicted octanol–water partition coefficient (Wildman–Crippen LogP) is -7.08. The van der Waals surface area contributed by atoms with Crippen LogP contribution in [0.2, 0.25) is 0 Å². The number of carboxylic acids is 1. The minimum Gasteiger partial charge on any atom is -0.480 e. The third-order valence-corrected chi connectivity index (χ3v) is 9.47. The highest BCUT2D eigenvalue weighted by Gasteiger charge is 2.38. The van der Waals surface area contributed by atoms with Crippen LogP contribution in [0.15, 0.2) is 4.99 Å². The van der Waals surface area contributed by atoms with Crippen molar-refractivity contribution in [1.29, 1.82) is 0 Å². The monoisotopic (exact) mass is 858 g/mol. The fourth-order valence-corrected chi connectivity index (χ4v) is 5.79. The molecule has 0 unspecified atom stereocenters. The number of rotatable bonds is 25. The number of carbonyl (C=O) groups is 9. The molecule has 0 bridgehead atoms. The molecule has 1 aliphatic heterocycles. The Hall–Kier alpha value is -5.66. The number of amides is 8. The first-order chi connectivity index (χ1) is 28.0. The van der Waals surface area contributed by atoms with E-state index in [0.29, 0.717) is 12.8 Å². The fourth-order valence-electron chi connectivity index (χ4n) is 5.79. The van der Waals surface area contributed by atoms with E-state index in [1.807, 2.05) is 0 Å². The molecule has 0 radical (unpaired) electrons. The van der Waals surface area contributed by atoms with Gasteiger partial charge in [0, 0.05) is 13.1 Å². The molecular formula is C35H62N12O13. The Labute approximate surface area is 346 Å². The molecule has 0 aromatic carbocycles. The lowest BCUT2D eigenvalue weighted by atomic mass is 9.98. The average Bonchev–Trinajstić information content (AvgIpc) is 3.68. The summed E-state index contributed by atoms with van der Waals surface area (Å²) in [5.74, 6) is -8.82. The molecule has 25 nitrogen and oxygen atoms in total. The Morgan fingerprint density at radius 1 is 0.767 bits per heavy atom. The summed E-state index contributed by atoms with van der Waals surface area (Å²) in [4.78, 5) is 120. The Bertz CT molecular complexity index is 1560. The first-order valence-corrected chi connectivity index (χ1v) is 19.4. The van der Waals surface area contributed by atoms with E-state index in [-0.39, 0.29) is 38.3 Å². The van der Waals surface area contributed by atoms with Crippen LogP contribution in [0, 0.1) is 5.92 Å². The van der Waals surface area contributed by atoms with Gasteiger partial charge in [0.1, 0.15) is 42.3 Å². The van der Waals surface area contributed by atoms with Crippen LogP contribution < -0.4 is 54.4 Å². The highest BCUT2D eigenvalue weighted by atomic mass is 16.4. The van der Waals surface area contributed by atoms with Crippen molar-refractivity contribution in [3.63, 3.8) is 0 Å². The normalized spacial score (nSPS) is 18.0. The summed E-state index contributed by atoms with van der Waals surface area (Å²) in [6, 6.07) is -9.37. The van der Waals surface area contributed by atoms with Crippen LogP contribution >= 0.6 is 0 Å². The maximum absolute atomic E-state index is 13.3. The quantitative estimate of drug-likeness (QED) is 0.0230. The van der Waals surface area contributed by atoms with Gasteiger partial charge in [-0.25, -0.2) is 4.79 Å². The van der Waals surface area contributed by atoms with E-state index < -0.39 is 133 Å². The minimum absolute atomic E-state index is 0.0558. The Balaban J connectivity index is 2.83. The Kier molecular flexibility index (Phi) is 22.5. The van der Waals surface area contributed by atoms with Crippen molar-refractivity contribution < 1.29 is 63.6 Å². The standard InChI is InChI=1S/C35H62N12O13/c1-6-16(2)25(34(59)60)45-29(54)21(9-7-11-39-35(37)38)43-32(57)26(18(4)49)44-24(52)14-40-23(51)13-41-30(55)22-10-8-12-47(22)33(58)17(3)42-31(56)27(19(5)50)46-28(53)20(36)15-48/h16-22,25-27,48-50H,6-15,36H2,1-5H3,(H,40,51)(H,41,55)(H,42,56)(H,43,57)(H,44,52)(H,45,54)(H,46,53)(H,59,60)(H4,37,38,39)/t16-,17-,18+,19+,20-,21-,22-,25-,26-,27-/m0/s1. The van der Waals surface area contributed by atoms with Gasteiger partial charge in [0.15, 0.2) is 5.96 Å². The third kappa shape index (κ3) is 17.3. The number of aliphatic hydroxyl groups excluding tert-OH is 3. The highest BCUT2D eigenvalue weighted by molar-refractivity contribution is 5.97. The molecular weight excluding hydrogens is 796 g/mol. The minimum atomic E-state index is -1.63. The molecule has 25 heteroatoms. The molecule has 340 valence electrons. The number of hydrogen-bond donors (Lipinski definition) is 14. The molecule has 17 N–H and O–H groups in total. The second kappa shape index (κ2) is 25.7. The zero-order chi connectivity index (χ0) is 45.9. The van der Waals surface area contributed by atoms with Gasteiger partial charge >= 0.3 is 5.97 Å². The number of guanidine groups is 1. The van der Waals surface area contributed by atoms with E-state index in [2.05, 4.69) is 42.2 Å². The predicted molar refractivity (Wildman–Crippen MR) is 212 cm³/mol. The lowest BCUT2D eigenvalue weighted by molar-refractivity contribution is -0.144. The van der Waals surface area contributed by atoms with E-state index in [9.17, 15) is 58.5 Å². The number of nitrogens with one attached hydrogen (secondary N) is 7. The summed E-state index contributed by atoms with van der Waals surface area (Å²) in [7, 11) is 0. The number of carbonyl (C=O) groups excluding carboxylic acids is 8. The maximum Gasteiger partial charge on any atom is 0.326 e. The van der Waals surface area contributed by atoms with Crippen LogP contribution in [0.4, 0.5) is 0 Å². The van der Waals surface area contributed by atoms with Gasteiger partial charge in [-0.2, -0.15) is 0 Å². The van der Waals surface area contributed by atoms with Gasteiger partial charge in [-0.1, -0.05) is 20.3 Å². The summed E-state index contributed by atoms with van der Waals surface area (Å²) >= 11 is 0. The smallest absolute Gasteiger partial charge is 0.326 e. The van der Waals surface area contributed by atoms with Gasteiger partial charge in [0.2, 0.25) is 47.3 Å². The van der Waals surface area contributed by atoms with Crippen LogP contribution in [0.5, 0.6) is 0 Å². The number of aliphatic imine (C=N–C) groups is 1. The first-order valence-electron chi connectivity index (χ1n) is 19.4. The zero-order valence-electron chi connectivity index (χ0n) is 34.4. The molecule has 1 heterocycles. The van der Waals surface area contributed by atoms with Crippen molar-refractivity contribution in [3.8, 4) is 0 Å². The topological polar surface area (TPSA) is 412 Å². The largest absolute Gasteiger partial charge is 0.480 e. The molecule has 1 fully saturated rings. The molecule has 0 aromatic rings. The third-order valence-electron chi connectivity index (χ3n) is 9.47. The Morgan fingerprint density at radius 2 is 1.33 bits per heavy atom. The first kappa shape index (κ1) is 52.4. The van der Waals surface area contributed by atoms with Gasteiger partial charge in [-0.3, -0.25) is 43.3 Å². The fraction of sp³-hybridized carbons (Fsp3) is 0.714. The summed E-state index contributed by atoms with van der Waals surface area (Å²) in [6.07, 6.45) is -1.75. The van der Waals surface area contributed by atoms with Crippen molar-refractivity contribution in [2.75, 3.05) is 32.8 Å². The van der Waals surface area contributed by atoms with Crippen LogP contribution in [0.25, 0.3) is 0 Å². The van der Waals surface area contributed by atoms with Crippen molar-refractivity contribution in [3.05, 3.63) is 0 Å². The van der Waals surface area contributed by atoms with Crippen LogP contribution in [-0.2, 0) is 43.2 Å². The van der Waals surface area contributed by atoms with Gasteiger partial charge in [0.05, 0.1) is 31.9 Å². The second-order valence-corrected chi connectivity index (χ2v) is 14.4. The van der Waals surface area contributed by atoms with E-state index in [1.165, 1.54) is 25.7 Å². The van der Waals surface area contributed by atoms with E-state index in [1.54, 1.807) is 13.8 Å². The molecule has 10 atom stereocenters. The molecule has 1 rings (SSSR count). The number of nitrogens with zero attached hydrogens (tertiary/aromatic N) is 2. The summed E-state index contributed by atoms with van der Waals surface area (Å²) < 4.78 is 0. The van der Waals surface area contributed by atoms with Gasteiger partial charge in [-0.05, 0) is 52.4 Å². The Morgan fingerprint density at radius 3 is 1.88 bits per heavy atom. The zero-order valence-corrected chi connectivity index (χ0v) is 34.4. The second-order valence-electron chi connectivity index (χ2n) is 14.4. The maximum atomic E-state index is 13.3. The SMILES string of the molecule is CC[C@H](C)[C@H](NC(=O)[C@H](CCCN=C(N)N)NC(=O)[C@@H](NC(=O)CNC(=O)CNC(=O)[C@@H]1CCCN1C(=O)[C@H](C)NC(=O)[C@@H](NC(=O)[C@@H](N)CO)[C@@H](C)O)[C@@H](C)O)C(=O)O. The number of hydrogen-bond acceptors (Lipinski definition) is 14. The molecule has 8 amide bonds. The lowest BCUT2D eigenvalue weighted by Gasteiger charge is -2.28. The molecule has 60 heavy (non-hydrogen) atoms. The van der Waals surface area contributed by atoms with Gasteiger partial charge in [-0.15, -0.1) is 0 Å². The van der Waals surface area contributed by atoms with Crippen molar-refractivity contribution in [2.45, 2.75) is 121 Å². The van der Waals surface area contributed by atoms with Crippen LogP contribution in [0.1, 0.15) is 66.7 Å². The molecule has 0 saturated carbocycles. The molecule has 0 aliphatic carbocycles. The molecule has 0 aromatic heterocycles. The summed E-state index contributed by atoms with van der Waals surface area (Å²) in [6.45, 7) is 5.23. The lowest BCUT2D eigenvalue weighted by Crippen LogP contribution is -2.60. The highest BCUT2D eigenvalue weighted by Crippen LogP contribution is 2.19. The number of carboxylic acid groups (broad SMARTS) is 1. The van der Waals surface area contributed by atoms with Crippen molar-refractivity contribution >= 4 is 59.2 Å². The molecule has 1 aliphatic rings.